The first kappa shape index (κ1) is 10.0. The molecular weight excluding hydrogens is 190 g/mol. The van der Waals surface area contributed by atoms with Crippen molar-refractivity contribution < 1.29 is 9.53 Å². The summed E-state index contributed by atoms with van der Waals surface area (Å²) in [6, 6.07) is 5.74. The molecule has 3 heteroatoms. The number of hydrogen-bond donors (Lipinski definition) is 0. The second-order valence-electron chi connectivity index (χ2n) is 3.73. The molecule has 0 unspecified atom stereocenters. The molecule has 0 saturated heterocycles. The lowest BCUT2D eigenvalue weighted by Gasteiger charge is -2.16. The molecule has 0 spiro atoms. The molecule has 80 valence electrons. The van der Waals surface area contributed by atoms with E-state index in [-0.39, 0.29) is 5.91 Å². The van der Waals surface area contributed by atoms with Crippen molar-refractivity contribution in [3.8, 4) is 5.75 Å². The van der Waals surface area contributed by atoms with Gasteiger partial charge in [-0.3, -0.25) is 4.79 Å². The number of likely N-dealkylation sites (N-methyl/N-ethyl adjacent to an activating group) is 1. The van der Waals surface area contributed by atoms with Gasteiger partial charge in [-0.2, -0.15) is 0 Å². The maximum absolute atomic E-state index is 12.1. The zero-order chi connectivity index (χ0) is 10.8. The van der Waals surface area contributed by atoms with Gasteiger partial charge in [0.15, 0.2) is 0 Å². The second-order valence-corrected chi connectivity index (χ2v) is 3.73. The zero-order valence-corrected chi connectivity index (χ0v) is 9.12. The van der Waals surface area contributed by atoms with Gasteiger partial charge in [0.2, 0.25) is 0 Å². The van der Waals surface area contributed by atoms with Gasteiger partial charge in [-0.15, -0.1) is 0 Å². The molecule has 1 aromatic rings. The van der Waals surface area contributed by atoms with Crippen LogP contribution in [0.15, 0.2) is 18.2 Å². The van der Waals surface area contributed by atoms with E-state index < -0.39 is 0 Å². The van der Waals surface area contributed by atoms with Gasteiger partial charge in [0.05, 0.1) is 12.1 Å². The predicted molar refractivity (Wildman–Crippen MR) is 58.3 cm³/mol. The minimum absolute atomic E-state index is 0.0775. The smallest absolute Gasteiger partial charge is 0.257 e. The van der Waals surface area contributed by atoms with Gasteiger partial charge in [0.1, 0.15) is 12.4 Å². The number of carbonyl (C=O) groups excluding carboxylic acids is 1. The molecule has 1 aliphatic heterocycles. The SMILES string of the molecule is CCN1CCOc2ccc(C)cc2C1=O. The Morgan fingerprint density at radius 3 is 3.00 bits per heavy atom. The molecular formula is C12H15NO2. The van der Waals surface area contributed by atoms with Gasteiger partial charge in [-0.25, -0.2) is 0 Å². The number of hydrogen-bond acceptors (Lipinski definition) is 2. The first-order valence-corrected chi connectivity index (χ1v) is 5.25. The van der Waals surface area contributed by atoms with Crippen LogP contribution in [0.25, 0.3) is 0 Å². The number of benzene rings is 1. The minimum Gasteiger partial charge on any atom is -0.491 e. The Morgan fingerprint density at radius 1 is 1.47 bits per heavy atom. The van der Waals surface area contributed by atoms with Crippen LogP contribution in [0.4, 0.5) is 0 Å². The maximum Gasteiger partial charge on any atom is 0.257 e. The van der Waals surface area contributed by atoms with Crippen molar-refractivity contribution in [2.75, 3.05) is 19.7 Å². The Morgan fingerprint density at radius 2 is 2.27 bits per heavy atom. The van der Waals surface area contributed by atoms with Crippen molar-refractivity contribution in [1.29, 1.82) is 0 Å². The summed E-state index contributed by atoms with van der Waals surface area (Å²) in [4.78, 5) is 13.9. The molecule has 0 atom stereocenters. The van der Waals surface area contributed by atoms with Crippen molar-refractivity contribution >= 4 is 5.91 Å². The van der Waals surface area contributed by atoms with Crippen LogP contribution in [0.5, 0.6) is 5.75 Å². The third-order valence-corrected chi connectivity index (χ3v) is 2.65. The van der Waals surface area contributed by atoms with Crippen molar-refractivity contribution in [2.24, 2.45) is 0 Å². The summed E-state index contributed by atoms with van der Waals surface area (Å²) in [7, 11) is 0. The number of nitrogens with zero attached hydrogens (tertiary/aromatic N) is 1. The standard InChI is InChI=1S/C12H15NO2/c1-3-13-6-7-15-11-5-4-9(2)8-10(11)12(13)14/h4-5,8H,3,6-7H2,1-2H3. The summed E-state index contributed by atoms with van der Waals surface area (Å²) in [6.07, 6.45) is 0. The lowest BCUT2D eigenvalue weighted by atomic mass is 10.1. The highest BCUT2D eigenvalue weighted by Crippen LogP contribution is 2.23. The van der Waals surface area contributed by atoms with E-state index in [0.717, 1.165) is 12.1 Å². The van der Waals surface area contributed by atoms with Gasteiger partial charge in [0.25, 0.3) is 5.91 Å². The fourth-order valence-corrected chi connectivity index (χ4v) is 1.78. The fraction of sp³-hybridized carbons (Fsp3) is 0.417. The van der Waals surface area contributed by atoms with Crippen LogP contribution in [0.1, 0.15) is 22.8 Å². The molecule has 15 heavy (non-hydrogen) atoms. The zero-order valence-electron chi connectivity index (χ0n) is 9.12. The Balaban J connectivity index is 2.44. The van der Waals surface area contributed by atoms with Crippen molar-refractivity contribution in [3.63, 3.8) is 0 Å². The van der Waals surface area contributed by atoms with Gasteiger partial charge in [-0.05, 0) is 26.0 Å². The van der Waals surface area contributed by atoms with Crippen LogP contribution >= 0.6 is 0 Å². The molecule has 0 aliphatic carbocycles. The molecule has 0 fully saturated rings. The van der Waals surface area contributed by atoms with Crippen LogP contribution in [0, 0.1) is 6.92 Å². The van der Waals surface area contributed by atoms with E-state index in [4.69, 9.17) is 4.74 Å². The molecule has 1 aliphatic rings. The predicted octanol–water partition coefficient (Wildman–Crippen LogP) is 1.85. The second kappa shape index (κ2) is 3.93. The molecule has 0 aromatic heterocycles. The highest BCUT2D eigenvalue weighted by molar-refractivity contribution is 5.97. The van der Waals surface area contributed by atoms with Crippen molar-refractivity contribution in [1.82, 2.24) is 4.90 Å². The van der Waals surface area contributed by atoms with E-state index in [1.165, 1.54) is 0 Å². The number of amides is 1. The summed E-state index contributed by atoms with van der Waals surface area (Å²) < 4.78 is 5.54. The molecule has 2 rings (SSSR count). The Hall–Kier alpha value is -1.51. The largest absolute Gasteiger partial charge is 0.491 e. The van der Waals surface area contributed by atoms with E-state index in [9.17, 15) is 4.79 Å². The molecule has 3 nitrogen and oxygen atoms in total. The lowest BCUT2D eigenvalue weighted by Crippen LogP contribution is -2.32. The summed E-state index contributed by atoms with van der Waals surface area (Å²) >= 11 is 0. The molecule has 0 N–H and O–H groups in total. The molecule has 0 saturated carbocycles. The Kier molecular flexibility index (Phi) is 2.62. The van der Waals surface area contributed by atoms with Gasteiger partial charge in [-0.1, -0.05) is 11.6 Å². The third kappa shape index (κ3) is 1.82. The number of rotatable bonds is 1. The first-order chi connectivity index (χ1) is 7.22. The summed E-state index contributed by atoms with van der Waals surface area (Å²) in [5.41, 5.74) is 1.78. The van der Waals surface area contributed by atoms with Gasteiger partial charge in [0, 0.05) is 6.54 Å². The van der Waals surface area contributed by atoms with E-state index in [2.05, 4.69) is 0 Å². The van der Waals surface area contributed by atoms with Crippen LogP contribution < -0.4 is 4.74 Å². The van der Waals surface area contributed by atoms with Crippen LogP contribution in [0.2, 0.25) is 0 Å². The average Bonchev–Trinajstić information content (AvgIpc) is 2.39. The molecule has 0 radical (unpaired) electrons. The van der Waals surface area contributed by atoms with Gasteiger partial charge < -0.3 is 9.64 Å². The normalized spacial score (nSPS) is 15.6. The number of carbonyl (C=O) groups is 1. The van der Waals surface area contributed by atoms with E-state index >= 15 is 0 Å². The van der Waals surface area contributed by atoms with Crippen LogP contribution in [-0.2, 0) is 0 Å². The lowest BCUT2D eigenvalue weighted by molar-refractivity contribution is 0.0765. The highest BCUT2D eigenvalue weighted by Gasteiger charge is 2.21. The van der Waals surface area contributed by atoms with Crippen LogP contribution in [0.3, 0.4) is 0 Å². The first-order valence-electron chi connectivity index (χ1n) is 5.25. The van der Waals surface area contributed by atoms with Crippen LogP contribution in [-0.4, -0.2) is 30.5 Å². The minimum atomic E-state index is 0.0775. The molecule has 1 heterocycles. The number of fused-ring (bicyclic) bond motifs is 1. The molecule has 0 bridgehead atoms. The number of ether oxygens (including phenoxy) is 1. The average molecular weight is 205 g/mol. The van der Waals surface area contributed by atoms with E-state index in [1.54, 1.807) is 0 Å². The summed E-state index contributed by atoms with van der Waals surface area (Å²) in [5, 5.41) is 0. The van der Waals surface area contributed by atoms with E-state index in [1.807, 2.05) is 36.9 Å². The topological polar surface area (TPSA) is 29.5 Å². The monoisotopic (exact) mass is 205 g/mol. The maximum atomic E-state index is 12.1. The fourth-order valence-electron chi connectivity index (χ4n) is 1.78. The Labute approximate surface area is 89.7 Å². The van der Waals surface area contributed by atoms with Gasteiger partial charge >= 0.3 is 0 Å². The number of aryl methyl sites for hydroxylation is 1. The highest BCUT2D eigenvalue weighted by atomic mass is 16.5. The summed E-state index contributed by atoms with van der Waals surface area (Å²) in [5.74, 6) is 0.787. The summed E-state index contributed by atoms with van der Waals surface area (Å²) in [6.45, 7) is 5.95. The van der Waals surface area contributed by atoms with Crippen molar-refractivity contribution in [2.45, 2.75) is 13.8 Å². The Bertz CT molecular complexity index is 387. The van der Waals surface area contributed by atoms with Crippen molar-refractivity contribution in [3.05, 3.63) is 29.3 Å². The quantitative estimate of drug-likeness (QED) is 0.700. The molecule has 1 aromatic carbocycles. The molecule has 1 amide bonds. The van der Waals surface area contributed by atoms with E-state index in [0.29, 0.717) is 24.5 Å². The third-order valence-electron chi connectivity index (χ3n) is 2.65.